The average molecular weight is 482 g/mol. The lowest BCUT2D eigenvalue weighted by molar-refractivity contribution is -0.128. The predicted molar refractivity (Wildman–Crippen MR) is 111 cm³/mol. The van der Waals surface area contributed by atoms with E-state index in [1.165, 1.54) is 29.6 Å². The Hall–Kier alpha value is -2.20. The fraction of sp³-hybridized carbons (Fsp3) is 0.250. The minimum absolute atomic E-state index is 0.0466. The Kier molecular flexibility index (Phi) is 7.07. The summed E-state index contributed by atoms with van der Waals surface area (Å²) in [6.45, 7) is 1.27. The maximum Gasteiger partial charge on any atom is 0.336 e. The molecule has 0 spiro atoms. The van der Waals surface area contributed by atoms with Crippen LogP contribution in [0, 0.1) is 0 Å². The van der Waals surface area contributed by atoms with Crippen molar-refractivity contribution < 1.29 is 27.4 Å². The molecule has 29 heavy (non-hydrogen) atoms. The number of ether oxygens (including phenoxy) is 3. The number of benzene rings is 2. The van der Waals surface area contributed by atoms with Gasteiger partial charge in [-0.05, 0) is 48.0 Å². The number of morpholine rings is 1. The Bertz CT molecular complexity index is 998. The zero-order chi connectivity index (χ0) is 20.9. The lowest BCUT2D eigenvalue weighted by Crippen LogP contribution is -2.40. The van der Waals surface area contributed by atoms with Crippen molar-refractivity contribution in [1.82, 2.24) is 4.31 Å². The molecule has 1 aliphatic rings. The van der Waals surface area contributed by atoms with Gasteiger partial charge in [-0.1, -0.05) is 22.0 Å². The molecule has 1 heterocycles. The Labute approximate surface area is 178 Å². The molecule has 3 rings (SSSR count). The van der Waals surface area contributed by atoms with Gasteiger partial charge < -0.3 is 14.2 Å². The molecule has 0 aliphatic carbocycles. The van der Waals surface area contributed by atoms with Crippen molar-refractivity contribution in [3.63, 3.8) is 0 Å². The summed E-state index contributed by atoms with van der Waals surface area (Å²) in [6, 6.07) is 11.6. The molecule has 2 aromatic rings. The summed E-state index contributed by atoms with van der Waals surface area (Å²) in [5.41, 5.74) is 0.533. The number of methoxy groups -OCH3 is 1. The van der Waals surface area contributed by atoms with Crippen molar-refractivity contribution in [3.8, 4) is 11.5 Å². The van der Waals surface area contributed by atoms with E-state index >= 15 is 0 Å². The first-order chi connectivity index (χ1) is 13.9. The van der Waals surface area contributed by atoms with Gasteiger partial charge in [-0.15, -0.1) is 0 Å². The number of halogens is 1. The molecule has 1 fully saturated rings. The van der Waals surface area contributed by atoms with E-state index in [-0.39, 0.29) is 23.7 Å². The molecule has 1 saturated heterocycles. The van der Waals surface area contributed by atoms with Gasteiger partial charge in [0.1, 0.15) is 16.4 Å². The second-order valence-corrected chi connectivity index (χ2v) is 8.96. The number of sulfonamides is 1. The normalized spacial score (nSPS) is 15.4. The van der Waals surface area contributed by atoms with Crippen LogP contribution in [0.15, 0.2) is 57.9 Å². The van der Waals surface area contributed by atoms with Crippen molar-refractivity contribution in [2.24, 2.45) is 0 Å². The van der Waals surface area contributed by atoms with Gasteiger partial charge in [-0.25, -0.2) is 13.2 Å². The molecule has 0 saturated carbocycles. The van der Waals surface area contributed by atoms with E-state index in [1.54, 1.807) is 36.4 Å². The second-order valence-electron chi connectivity index (χ2n) is 6.14. The van der Waals surface area contributed by atoms with Crippen molar-refractivity contribution in [2.75, 3.05) is 33.4 Å². The Morgan fingerprint density at radius 2 is 1.83 bits per heavy atom. The number of nitrogens with zero attached hydrogens (tertiary/aromatic N) is 1. The highest BCUT2D eigenvalue weighted by Crippen LogP contribution is 2.29. The zero-order valence-corrected chi connectivity index (χ0v) is 18.1. The lowest BCUT2D eigenvalue weighted by Gasteiger charge is -2.26. The average Bonchev–Trinajstić information content (AvgIpc) is 2.74. The molecule has 0 bridgehead atoms. The van der Waals surface area contributed by atoms with Crippen LogP contribution in [0.25, 0.3) is 6.08 Å². The summed E-state index contributed by atoms with van der Waals surface area (Å²) < 4.78 is 43.9. The van der Waals surface area contributed by atoms with E-state index in [9.17, 15) is 13.2 Å². The monoisotopic (exact) mass is 481 g/mol. The summed E-state index contributed by atoms with van der Waals surface area (Å²) in [5.74, 6) is 0.0833. The first kappa shape index (κ1) is 21.5. The standard InChI is InChI=1S/C20H20BrNO6S/c1-26-18-8-2-15(3-9-20(23)28-17-6-4-16(21)5-7-17)14-19(18)29(24,25)22-10-12-27-13-11-22/h2-9,14H,10-13H2,1H3/b9-3+. The highest BCUT2D eigenvalue weighted by molar-refractivity contribution is 9.10. The number of esters is 1. The topological polar surface area (TPSA) is 82.1 Å². The van der Waals surface area contributed by atoms with E-state index in [0.717, 1.165) is 4.47 Å². The first-order valence-corrected chi connectivity index (χ1v) is 11.0. The molecular weight excluding hydrogens is 462 g/mol. The molecular formula is C20H20BrNO6S. The van der Waals surface area contributed by atoms with Crippen molar-refractivity contribution in [1.29, 1.82) is 0 Å². The maximum absolute atomic E-state index is 13.0. The van der Waals surface area contributed by atoms with Crippen molar-refractivity contribution in [3.05, 3.63) is 58.6 Å². The van der Waals surface area contributed by atoms with E-state index in [1.807, 2.05) is 0 Å². The van der Waals surface area contributed by atoms with Crippen LogP contribution < -0.4 is 9.47 Å². The molecule has 0 N–H and O–H groups in total. The Balaban J connectivity index is 1.79. The number of carbonyl (C=O) groups excluding carboxylic acids is 1. The molecule has 9 heteroatoms. The van der Waals surface area contributed by atoms with E-state index < -0.39 is 16.0 Å². The van der Waals surface area contributed by atoms with Crippen LogP contribution in [0.1, 0.15) is 5.56 Å². The first-order valence-electron chi connectivity index (χ1n) is 8.81. The van der Waals surface area contributed by atoms with Crippen LogP contribution in [0.2, 0.25) is 0 Å². The van der Waals surface area contributed by atoms with Crippen LogP contribution in [-0.2, 0) is 19.6 Å². The Morgan fingerprint density at radius 1 is 1.14 bits per heavy atom. The van der Waals surface area contributed by atoms with Gasteiger partial charge in [-0.3, -0.25) is 0 Å². The fourth-order valence-electron chi connectivity index (χ4n) is 2.74. The van der Waals surface area contributed by atoms with E-state index in [0.29, 0.717) is 24.5 Å². The molecule has 154 valence electrons. The fourth-order valence-corrected chi connectivity index (χ4v) is 4.60. The summed E-state index contributed by atoms with van der Waals surface area (Å²) in [4.78, 5) is 12.1. The molecule has 1 aliphatic heterocycles. The van der Waals surface area contributed by atoms with Gasteiger partial charge >= 0.3 is 5.97 Å². The Morgan fingerprint density at radius 3 is 2.48 bits per heavy atom. The largest absolute Gasteiger partial charge is 0.495 e. The van der Waals surface area contributed by atoms with Crippen LogP contribution >= 0.6 is 15.9 Å². The smallest absolute Gasteiger partial charge is 0.336 e. The van der Waals surface area contributed by atoms with Crippen molar-refractivity contribution in [2.45, 2.75) is 4.90 Å². The van der Waals surface area contributed by atoms with Gasteiger partial charge in [0.15, 0.2) is 0 Å². The van der Waals surface area contributed by atoms with Gasteiger partial charge in [0, 0.05) is 23.6 Å². The third-order valence-electron chi connectivity index (χ3n) is 4.22. The minimum atomic E-state index is -3.74. The number of rotatable bonds is 6. The van der Waals surface area contributed by atoms with Gasteiger partial charge in [0.25, 0.3) is 0 Å². The number of hydrogen-bond donors (Lipinski definition) is 0. The van der Waals surface area contributed by atoms with Gasteiger partial charge in [0.2, 0.25) is 10.0 Å². The molecule has 0 amide bonds. The van der Waals surface area contributed by atoms with Gasteiger partial charge in [-0.2, -0.15) is 4.31 Å². The summed E-state index contributed by atoms with van der Waals surface area (Å²) in [6.07, 6.45) is 2.74. The summed E-state index contributed by atoms with van der Waals surface area (Å²) in [5, 5.41) is 0. The molecule has 0 atom stereocenters. The third-order valence-corrected chi connectivity index (χ3v) is 6.67. The third kappa shape index (κ3) is 5.45. The van der Waals surface area contributed by atoms with E-state index in [2.05, 4.69) is 15.9 Å². The quantitative estimate of drug-likeness (QED) is 0.358. The zero-order valence-electron chi connectivity index (χ0n) is 15.7. The summed E-state index contributed by atoms with van der Waals surface area (Å²) >= 11 is 3.31. The van der Waals surface area contributed by atoms with Crippen LogP contribution in [0.4, 0.5) is 0 Å². The minimum Gasteiger partial charge on any atom is -0.495 e. The maximum atomic E-state index is 13.0. The lowest BCUT2D eigenvalue weighted by atomic mass is 10.2. The van der Waals surface area contributed by atoms with Crippen molar-refractivity contribution >= 4 is 38.0 Å². The molecule has 0 aromatic heterocycles. The van der Waals surface area contributed by atoms with Crippen LogP contribution in [-0.4, -0.2) is 52.1 Å². The molecule has 2 aromatic carbocycles. The highest BCUT2D eigenvalue weighted by atomic mass is 79.9. The van der Waals surface area contributed by atoms with E-state index in [4.69, 9.17) is 14.2 Å². The number of carbonyl (C=O) groups is 1. The summed E-state index contributed by atoms with van der Waals surface area (Å²) in [7, 11) is -2.33. The van der Waals surface area contributed by atoms with Crippen LogP contribution in [0.5, 0.6) is 11.5 Å². The number of hydrogen-bond acceptors (Lipinski definition) is 6. The second kappa shape index (κ2) is 9.53. The molecule has 0 radical (unpaired) electrons. The SMILES string of the molecule is COc1ccc(/C=C/C(=O)Oc2ccc(Br)cc2)cc1S(=O)(=O)N1CCOCC1. The molecule has 7 nitrogen and oxygen atoms in total. The molecule has 0 unspecified atom stereocenters. The highest BCUT2D eigenvalue weighted by Gasteiger charge is 2.29. The van der Waals surface area contributed by atoms with Crippen LogP contribution in [0.3, 0.4) is 0 Å². The van der Waals surface area contributed by atoms with Gasteiger partial charge in [0.05, 0.1) is 20.3 Å². The predicted octanol–water partition coefficient (Wildman–Crippen LogP) is 3.10.